The van der Waals surface area contributed by atoms with Crippen LogP contribution in [0.4, 0.5) is 20.2 Å². The number of rotatable bonds is 6. The highest BCUT2D eigenvalue weighted by Gasteiger charge is 2.29. The van der Waals surface area contributed by atoms with Crippen LogP contribution in [-0.4, -0.2) is 38.8 Å². The van der Waals surface area contributed by atoms with E-state index in [1.807, 2.05) is 17.0 Å². The highest BCUT2D eigenvalue weighted by molar-refractivity contribution is 6.09. The van der Waals surface area contributed by atoms with Crippen LogP contribution in [0, 0.1) is 11.6 Å². The topological polar surface area (TPSA) is 82.8 Å². The van der Waals surface area contributed by atoms with E-state index in [2.05, 4.69) is 15.4 Å². The van der Waals surface area contributed by atoms with Gasteiger partial charge in [0.2, 0.25) is 0 Å². The van der Waals surface area contributed by atoms with Gasteiger partial charge in [0.25, 0.3) is 5.91 Å². The first-order chi connectivity index (χ1) is 16.5. The Labute approximate surface area is 194 Å². The van der Waals surface area contributed by atoms with E-state index in [1.54, 1.807) is 29.0 Å². The Morgan fingerprint density at radius 1 is 1.15 bits per heavy atom. The lowest BCUT2D eigenvalue weighted by Gasteiger charge is -2.27. The van der Waals surface area contributed by atoms with Crippen LogP contribution in [0.1, 0.15) is 40.5 Å². The minimum absolute atomic E-state index is 0.00711. The maximum atomic E-state index is 14.5. The minimum atomic E-state index is -0.465. The zero-order valence-electron chi connectivity index (χ0n) is 18.3. The van der Waals surface area contributed by atoms with Crippen LogP contribution in [0.2, 0.25) is 0 Å². The van der Waals surface area contributed by atoms with Crippen LogP contribution >= 0.6 is 0 Å². The Hall–Kier alpha value is -3.85. The van der Waals surface area contributed by atoms with Crippen molar-refractivity contribution in [1.29, 1.82) is 0 Å². The zero-order valence-corrected chi connectivity index (χ0v) is 18.3. The van der Waals surface area contributed by atoms with Gasteiger partial charge in [-0.3, -0.25) is 9.78 Å². The summed E-state index contributed by atoms with van der Waals surface area (Å²) in [6.07, 6.45) is 6.79. The molecule has 0 spiro atoms. The van der Waals surface area contributed by atoms with E-state index in [4.69, 9.17) is 5.11 Å². The van der Waals surface area contributed by atoms with Gasteiger partial charge in [-0.05, 0) is 55.3 Å². The van der Waals surface area contributed by atoms with E-state index in [0.717, 1.165) is 29.9 Å². The van der Waals surface area contributed by atoms with Crippen LogP contribution in [-0.2, 0) is 6.42 Å². The van der Waals surface area contributed by atoms with Gasteiger partial charge in [0.15, 0.2) is 0 Å². The molecule has 0 aliphatic carbocycles. The summed E-state index contributed by atoms with van der Waals surface area (Å²) < 4.78 is 29.9. The van der Waals surface area contributed by atoms with Crippen LogP contribution in [0.3, 0.4) is 0 Å². The van der Waals surface area contributed by atoms with Gasteiger partial charge in [0.05, 0.1) is 35.2 Å². The van der Waals surface area contributed by atoms with Gasteiger partial charge in [-0.25, -0.2) is 13.3 Å². The summed E-state index contributed by atoms with van der Waals surface area (Å²) in [6, 6.07) is 10.4. The molecule has 1 amide bonds. The number of halogens is 2. The molecule has 2 N–H and O–H groups in total. The minimum Gasteiger partial charge on any atom is -0.396 e. The summed E-state index contributed by atoms with van der Waals surface area (Å²) >= 11 is 0. The number of aliphatic hydroxyl groups excluding tert-OH is 1. The van der Waals surface area contributed by atoms with E-state index >= 15 is 0 Å². The summed E-state index contributed by atoms with van der Waals surface area (Å²) in [5.74, 6) is -1.23. The molecule has 4 heterocycles. The molecule has 7 nitrogen and oxygen atoms in total. The number of nitrogens with zero attached hydrogens (tertiary/aromatic N) is 4. The molecule has 34 heavy (non-hydrogen) atoms. The van der Waals surface area contributed by atoms with Crippen molar-refractivity contribution in [3.05, 3.63) is 89.5 Å². The third kappa shape index (κ3) is 4.22. The maximum absolute atomic E-state index is 14.5. The fourth-order valence-electron chi connectivity index (χ4n) is 4.45. The highest BCUT2D eigenvalue weighted by Crippen LogP contribution is 2.38. The van der Waals surface area contributed by atoms with Gasteiger partial charge in [-0.15, -0.1) is 0 Å². The largest absolute Gasteiger partial charge is 0.396 e. The average molecular weight is 463 g/mol. The van der Waals surface area contributed by atoms with E-state index < -0.39 is 11.6 Å². The van der Waals surface area contributed by atoms with Gasteiger partial charge in [0.1, 0.15) is 11.6 Å². The van der Waals surface area contributed by atoms with Crippen LogP contribution in [0.5, 0.6) is 0 Å². The van der Waals surface area contributed by atoms with Crippen LogP contribution < -0.4 is 10.2 Å². The van der Waals surface area contributed by atoms with Crippen molar-refractivity contribution >= 4 is 22.8 Å². The van der Waals surface area contributed by atoms with Crippen molar-refractivity contribution in [2.75, 3.05) is 23.4 Å². The molecule has 174 valence electrons. The number of pyridine rings is 2. The second-order valence-corrected chi connectivity index (χ2v) is 8.26. The molecule has 1 fully saturated rings. The SMILES string of the molecule is O=C(Nc1ccc(CCO)nc1)c1cnn2ccc(N3CCC[C@@H]3c3cc(F)ccc3F)cc12. The molecule has 0 bridgehead atoms. The van der Waals surface area contributed by atoms with Crippen LogP contribution in [0.25, 0.3) is 5.52 Å². The molecule has 1 atom stereocenters. The number of benzene rings is 1. The van der Waals surface area contributed by atoms with Gasteiger partial charge < -0.3 is 15.3 Å². The normalized spacial score (nSPS) is 15.7. The highest BCUT2D eigenvalue weighted by atomic mass is 19.1. The number of nitrogens with one attached hydrogen (secondary N) is 1. The van der Waals surface area contributed by atoms with Crippen molar-refractivity contribution in [2.24, 2.45) is 0 Å². The Balaban J connectivity index is 1.42. The maximum Gasteiger partial charge on any atom is 0.259 e. The molecule has 1 saturated heterocycles. The van der Waals surface area contributed by atoms with Crippen molar-refractivity contribution < 1.29 is 18.7 Å². The lowest BCUT2D eigenvalue weighted by atomic mass is 10.0. The number of aromatic nitrogens is 3. The van der Waals surface area contributed by atoms with E-state index in [0.29, 0.717) is 41.7 Å². The number of carbonyl (C=O) groups is 1. The van der Waals surface area contributed by atoms with E-state index in [9.17, 15) is 13.6 Å². The fraction of sp³-hybridized carbons (Fsp3) is 0.240. The standard InChI is InChI=1S/C25H23F2N5O2/c26-16-3-6-22(27)20(12-16)23-2-1-9-31(23)19-7-10-32-24(13-19)21(15-29-32)25(34)30-18-5-4-17(8-11-33)28-14-18/h3-7,10,12-15,23,33H,1-2,8-9,11H2,(H,30,34)/t23-/m1/s1. The summed E-state index contributed by atoms with van der Waals surface area (Å²) in [4.78, 5) is 19.2. The summed E-state index contributed by atoms with van der Waals surface area (Å²) in [5.41, 5.74) is 3.39. The summed E-state index contributed by atoms with van der Waals surface area (Å²) in [6.45, 7) is 0.700. The molecule has 4 aromatic rings. The molecule has 1 aliphatic heterocycles. The van der Waals surface area contributed by atoms with Gasteiger partial charge in [-0.1, -0.05) is 0 Å². The Kier molecular flexibility index (Phi) is 5.93. The molecule has 0 unspecified atom stereocenters. The Morgan fingerprint density at radius 3 is 2.82 bits per heavy atom. The van der Waals surface area contributed by atoms with Gasteiger partial charge in [-0.2, -0.15) is 5.10 Å². The number of hydrogen-bond donors (Lipinski definition) is 2. The Morgan fingerprint density at radius 2 is 2.03 bits per heavy atom. The molecule has 5 rings (SSSR count). The molecule has 9 heteroatoms. The molecular formula is C25H23F2N5O2. The smallest absolute Gasteiger partial charge is 0.259 e. The van der Waals surface area contributed by atoms with E-state index in [-0.39, 0.29) is 18.6 Å². The molecule has 3 aromatic heterocycles. The summed E-state index contributed by atoms with van der Waals surface area (Å²) in [5, 5.41) is 16.1. The first kappa shape index (κ1) is 22.0. The number of aliphatic hydroxyl groups is 1. The quantitative estimate of drug-likeness (QED) is 0.449. The third-order valence-corrected chi connectivity index (χ3v) is 6.10. The third-order valence-electron chi connectivity index (χ3n) is 6.10. The predicted octanol–water partition coefficient (Wildman–Crippen LogP) is 4.14. The number of hydrogen-bond acceptors (Lipinski definition) is 5. The Bertz CT molecular complexity index is 1340. The van der Waals surface area contributed by atoms with Crippen LogP contribution in [0.15, 0.2) is 61.1 Å². The van der Waals surface area contributed by atoms with E-state index in [1.165, 1.54) is 12.3 Å². The lowest BCUT2D eigenvalue weighted by molar-refractivity contribution is 0.102. The monoisotopic (exact) mass is 463 g/mol. The second kappa shape index (κ2) is 9.18. The molecule has 0 saturated carbocycles. The van der Waals surface area contributed by atoms with Crippen molar-refractivity contribution in [3.8, 4) is 0 Å². The predicted molar refractivity (Wildman–Crippen MR) is 124 cm³/mol. The zero-order chi connectivity index (χ0) is 23.7. The number of carbonyl (C=O) groups excluding carboxylic acids is 1. The van der Waals surface area contributed by atoms with Crippen molar-refractivity contribution in [2.45, 2.75) is 25.3 Å². The second-order valence-electron chi connectivity index (χ2n) is 8.26. The molecular weight excluding hydrogens is 440 g/mol. The molecule has 1 aromatic carbocycles. The van der Waals surface area contributed by atoms with Gasteiger partial charge >= 0.3 is 0 Å². The summed E-state index contributed by atoms with van der Waals surface area (Å²) in [7, 11) is 0. The van der Waals surface area contributed by atoms with Crippen molar-refractivity contribution in [3.63, 3.8) is 0 Å². The number of anilines is 2. The average Bonchev–Trinajstić information content (AvgIpc) is 3.49. The fourth-order valence-corrected chi connectivity index (χ4v) is 4.45. The number of fused-ring (bicyclic) bond motifs is 1. The van der Waals surface area contributed by atoms with Gasteiger partial charge in [0, 0.05) is 42.7 Å². The lowest BCUT2D eigenvalue weighted by Crippen LogP contribution is -2.23. The first-order valence-electron chi connectivity index (χ1n) is 11.1. The number of amides is 1. The molecule has 1 aliphatic rings. The van der Waals surface area contributed by atoms with Crippen molar-refractivity contribution in [1.82, 2.24) is 14.6 Å². The molecule has 0 radical (unpaired) electrons. The first-order valence-corrected chi connectivity index (χ1v) is 11.1.